The molecule has 2 unspecified atom stereocenters. The Morgan fingerprint density at radius 3 is 2.78 bits per heavy atom. The minimum absolute atomic E-state index is 0.171. The molecule has 0 aliphatic heterocycles. The molecule has 0 bridgehead atoms. The van der Waals surface area contributed by atoms with Crippen molar-refractivity contribution in [1.29, 1.82) is 0 Å². The van der Waals surface area contributed by atoms with Gasteiger partial charge >= 0.3 is 6.03 Å². The lowest BCUT2D eigenvalue weighted by atomic mass is 9.93. The number of nitrogens with zero attached hydrogens (tertiary/aromatic N) is 2. The Bertz CT molecular complexity index is 641. The molecule has 6 nitrogen and oxygen atoms in total. The Balaban J connectivity index is 1.53. The SMILES string of the molecule is O=C(Nc1ccn(Cc2ccccc2)n1)NC1CCCCC1O. The molecule has 0 radical (unpaired) electrons. The van der Waals surface area contributed by atoms with Crippen LogP contribution in [-0.2, 0) is 6.54 Å². The quantitative estimate of drug-likeness (QED) is 0.810. The van der Waals surface area contributed by atoms with Crippen molar-refractivity contribution >= 4 is 11.8 Å². The molecule has 3 rings (SSSR count). The van der Waals surface area contributed by atoms with E-state index in [0.29, 0.717) is 12.4 Å². The predicted octanol–water partition coefficient (Wildman–Crippen LogP) is 2.36. The van der Waals surface area contributed by atoms with E-state index in [1.54, 1.807) is 10.7 Å². The van der Waals surface area contributed by atoms with Gasteiger partial charge in [-0.2, -0.15) is 5.10 Å². The Morgan fingerprint density at radius 2 is 2.00 bits per heavy atom. The summed E-state index contributed by atoms with van der Waals surface area (Å²) in [5.74, 6) is 0.503. The third-order valence-corrected chi connectivity index (χ3v) is 4.12. The van der Waals surface area contributed by atoms with Crippen LogP contribution in [0.3, 0.4) is 0 Å². The molecule has 0 saturated heterocycles. The van der Waals surface area contributed by atoms with E-state index in [0.717, 1.165) is 31.2 Å². The minimum atomic E-state index is -0.454. The molecule has 2 atom stereocenters. The van der Waals surface area contributed by atoms with Gasteiger partial charge in [0.05, 0.1) is 18.7 Å². The summed E-state index contributed by atoms with van der Waals surface area (Å²) >= 11 is 0. The number of carbonyl (C=O) groups is 1. The van der Waals surface area contributed by atoms with E-state index in [-0.39, 0.29) is 12.1 Å². The van der Waals surface area contributed by atoms with Gasteiger partial charge in [0.2, 0.25) is 0 Å². The number of urea groups is 1. The summed E-state index contributed by atoms with van der Waals surface area (Å²) in [6.07, 6.45) is 5.00. The van der Waals surface area contributed by atoms with Gasteiger partial charge in [0.1, 0.15) is 0 Å². The van der Waals surface area contributed by atoms with Gasteiger partial charge in [0.15, 0.2) is 5.82 Å². The van der Waals surface area contributed by atoms with E-state index in [9.17, 15) is 9.90 Å². The average molecular weight is 314 g/mol. The van der Waals surface area contributed by atoms with Gasteiger partial charge in [-0.05, 0) is 18.4 Å². The average Bonchev–Trinajstić information content (AvgIpc) is 2.97. The fraction of sp³-hybridized carbons (Fsp3) is 0.412. The molecular formula is C17H22N4O2. The summed E-state index contributed by atoms with van der Waals surface area (Å²) < 4.78 is 1.78. The van der Waals surface area contributed by atoms with Crippen molar-refractivity contribution < 1.29 is 9.90 Å². The molecule has 6 heteroatoms. The first-order chi connectivity index (χ1) is 11.2. The molecule has 1 fully saturated rings. The van der Waals surface area contributed by atoms with Crippen molar-refractivity contribution in [2.24, 2.45) is 0 Å². The van der Waals surface area contributed by atoms with Crippen LogP contribution in [0.25, 0.3) is 0 Å². The molecule has 23 heavy (non-hydrogen) atoms. The highest BCUT2D eigenvalue weighted by Crippen LogP contribution is 2.18. The highest BCUT2D eigenvalue weighted by atomic mass is 16.3. The van der Waals surface area contributed by atoms with E-state index < -0.39 is 6.10 Å². The minimum Gasteiger partial charge on any atom is -0.391 e. The van der Waals surface area contributed by atoms with Crippen LogP contribution >= 0.6 is 0 Å². The molecule has 1 aromatic heterocycles. The molecule has 2 amide bonds. The summed E-state index contributed by atoms with van der Waals surface area (Å²) in [5, 5.41) is 19.8. The van der Waals surface area contributed by atoms with Gasteiger partial charge < -0.3 is 10.4 Å². The fourth-order valence-electron chi connectivity index (χ4n) is 2.89. The predicted molar refractivity (Wildman–Crippen MR) is 88.2 cm³/mol. The first-order valence-corrected chi connectivity index (χ1v) is 8.04. The first-order valence-electron chi connectivity index (χ1n) is 8.04. The van der Waals surface area contributed by atoms with Crippen LogP contribution in [0.15, 0.2) is 42.6 Å². The van der Waals surface area contributed by atoms with Crippen molar-refractivity contribution in [2.45, 2.75) is 44.4 Å². The summed E-state index contributed by atoms with van der Waals surface area (Å²) in [7, 11) is 0. The Hall–Kier alpha value is -2.34. The van der Waals surface area contributed by atoms with E-state index in [1.165, 1.54) is 0 Å². The lowest BCUT2D eigenvalue weighted by Crippen LogP contribution is -2.46. The second kappa shape index (κ2) is 7.28. The van der Waals surface area contributed by atoms with E-state index in [2.05, 4.69) is 15.7 Å². The van der Waals surface area contributed by atoms with Crippen molar-refractivity contribution in [1.82, 2.24) is 15.1 Å². The molecule has 3 N–H and O–H groups in total. The number of aliphatic hydroxyl groups excluding tert-OH is 1. The molecule has 122 valence electrons. The lowest BCUT2D eigenvalue weighted by molar-refractivity contribution is 0.0955. The van der Waals surface area contributed by atoms with Gasteiger partial charge in [-0.25, -0.2) is 4.79 Å². The highest BCUT2D eigenvalue weighted by molar-refractivity contribution is 5.88. The summed E-state index contributed by atoms with van der Waals surface area (Å²) in [4.78, 5) is 12.0. The van der Waals surface area contributed by atoms with Gasteiger partial charge in [-0.1, -0.05) is 43.2 Å². The topological polar surface area (TPSA) is 79.2 Å². The number of hydrogen-bond donors (Lipinski definition) is 3. The number of nitrogens with one attached hydrogen (secondary N) is 2. The fourth-order valence-corrected chi connectivity index (χ4v) is 2.89. The van der Waals surface area contributed by atoms with Gasteiger partial charge in [0, 0.05) is 12.3 Å². The molecule has 1 aliphatic rings. The number of carbonyl (C=O) groups excluding carboxylic acids is 1. The molecule has 1 saturated carbocycles. The molecular weight excluding hydrogens is 292 g/mol. The second-order valence-corrected chi connectivity index (χ2v) is 5.94. The molecule has 1 heterocycles. The summed E-state index contributed by atoms with van der Waals surface area (Å²) in [6.45, 7) is 0.658. The van der Waals surface area contributed by atoms with Gasteiger partial charge in [0.25, 0.3) is 0 Å². The second-order valence-electron chi connectivity index (χ2n) is 5.94. The number of aliphatic hydroxyl groups is 1. The smallest absolute Gasteiger partial charge is 0.320 e. The number of hydrogen-bond acceptors (Lipinski definition) is 3. The zero-order valence-electron chi connectivity index (χ0n) is 13.0. The Kier molecular flexibility index (Phi) is 4.92. The van der Waals surface area contributed by atoms with Crippen molar-refractivity contribution in [3.05, 3.63) is 48.2 Å². The van der Waals surface area contributed by atoms with Crippen molar-refractivity contribution in [3.63, 3.8) is 0 Å². The van der Waals surface area contributed by atoms with Gasteiger partial charge in [-0.15, -0.1) is 0 Å². The molecule has 1 aromatic carbocycles. The maximum absolute atomic E-state index is 12.0. The number of amides is 2. The van der Waals surface area contributed by atoms with Gasteiger partial charge in [-0.3, -0.25) is 10.00 Å². The van der Waals surface area contributed by atoms with E-state index in [4.69, 9.17) is 0 Å². The summed E-state index contributed by atoms with van der Waals surface area (Å²) in [6, 6.07) is 11.3. The van der Waals surface area contributed by atoms with Crippen LogP contribution in [0.2, 0.25) is 0 Å². The zero-order chi connectivity index (χ0) is 16.1. The van der Waals surface area contributed by atoms with Crippen LogP contribution in [-0.4, -0.2) is 33.1 Å². The number of rotatable bonds is 4. The number of benzene rings is 1. The van der Waals surface area contributed by atoms with Crippen molar-refractivity contribution in [3.8, 4) is 0 Å². The van der Waals surface area contributed by atoms with Crippen LogP contribution in [0.4, 0.5) is 10.6 Å². The number of aromatic nitrogens is 2. The monoisotopic (exact) mass is 314 g/mol. The third kappa shape index (κ3) is 4.32. The molecule has 2 aromatic rings. The van der Waals surface area contributed by atoms with Crippen LogP contribution in [0.1, 0.15) is 31.2 Å². The maximum Gasteiger partial charge on any atom is 0.320 e. The maximum atomic E-state index is 12.0. The Labute approximate surface area is 135 Å². The zero-order valence-corrected chi connectivity index (χ0v) is 13.0. The van der Waals surface area contributed by atoms with Crippen molar-refractivity contribution in [2.75, 3.05) is 5.32 Å². The highest BCUT2D eigenvalue weighted by Gasteiger charge is 2.24. The third-order valence-electron chi connectivity index (χ3n) is 4.12. The van der Waals surface area contributed by atoms with E-state index >= 15 is 0 Å². The summed E-state index contributed by atoms with van der Waals surface area (Å²) in [5.41, 5.74) is 1.15. The van der Waals surface area contributed by atoms with E-state index in [1.807, 2.05) is 36.5 Å². The molecule has 0 spiro atoms. The van der Waals surface area contributed by atoms with Crippen LogP contribution in [0, 0.1) is 0 Å². The van der Waals surface area contributed by atoms with Crippen LogP contribution < -0.4 is 10.6 Å². The normalized spacial score (nSPS) is 20.9. The first kappa shape index (κ1) is 15.6. The standard InChI is InChI=1S/C17H22N4O2/c22-15-9-5-4-8-14(15)18-17(23)19-16-10-11-21(20-16)12-13-6-2-1-3-7-13/h1-3,6-7,10-11,14-15,22H,4-5,8-9,12H2,(H2,18,19,20,23). The largest absolute Gasteiger partial charge is 0.391 e. The van der Waals surface area contributed by atoms with Crippen LogP contribution in [0.5, 0.6) is 0 Å². The molecule has 1 aliphatic carbocycles. The Morgan fingerprint density at radius 1 is 1.22 bits per heavy atom. The lowest BCUT2D eigenvalue weighted by Gasteiger charge is -2.28. The number of anilines is 1.